The van der Waals surface area contributed by atoms with Crippen molar-refractivity contribution in [3.63, 3.8) is 0 Å². The highest BCUT2D eigenvalue weighted by molar-refractivity contribution is 5.79. The molecule has 4 heterocycles. The van der Waals surface area contributed by atoms with E-state index in [2.05, 4.69) is 6.58 Å². The van der Waals surface area contributed by atoms with Crippen molar-refractivity contribution in [2.75, 3.05) is 34.2 Å². The maximum Gasteiger partial charge on any atom is 0.310 e. The minimum atomic E-state index is -1.46. The van der Waals surface area contributed by atoms with Crippen LogP contribution < -0.4 is 18.9 Å². The lowest BCUT2D eigenvalue weighted by molar-refractivity contribution is -0.366. The molecule has 13 heteroatoms. The number of phenols is 1. The van der Waals surface area contributed by atoms with E-state index in [1.54, 1.807) is 30.3 Å². The molecule has 2 aromatic carbocycles. The van der Waals surface area contributed by atoms with E-state index in [-0.39, 0.29) is 37.3 Å². The van der Waals surface area contributed by atoms with Gasteiger partial charge in [0.05, 0.1) is 39.5 Å². The number of ether oxygens (including phenoxy) is 9. The quantitative estimate of drug-likeness (QED) is 0.307. The number of carbonyl (C=O) groups is 1. The van der Waals surface area contributed by atoms with E-state index < -0.39 is 66.8 Å². The monoisotopic (exact) mass is 614 g/mol. The fourth-order valence-corrected chi connectivity index (χ4v) is 6.92. The van der Waals surface area contributed by atoms with Crippen molar-refractivity contribution in [2.45, 2.75) is 55.4 Å². The lowest BCUT2D eigenvalue weighted by Gasteiger charge is -2.48. The molecule has 0 saturated carbocycles. The highest BCUT2D eigenvalue weighted by Gasteiger charge is 2.56. The maximum atomic E-state index is 13.4. The van der Waals surface area contributed by atoms with Gasteiger partial charge in [-0.3, -0.25) is 4.79 Å². The van der Waals surface area contributed by atoms with Crippen molar-refractivity contribution >= 4 is 5.97 Å². The zero-order valence-electron chi connectivity index (χ0n) is 24.1. The number of hydrogen-bond donors (Lipinski definition) is 3. The van der Waals surface area contributed by atoms with Crippen LogP contribution in [-0.2, 0) is 28.5 Å². The van der Waals surface area contributed by atoms with Gasteiger partial charge in [0, 0.05) is 18.3 Å². The Kier molecular flexibility index (Phi) is 7.55. The Morgan fingerprint density at radius 1 is 0.955 bits per heavy atom. The van der Waals surface area contributed by atoms with Crippen LogP contribution >= 0.6 is 0 Å². The van der Waals surface area contributed by atoms with Crippen LogP contribution in [-0.4, -0.2) is 92.5 Å². The number of aromatic hydroxyl groups is 1. The van der Waals surface area contributed by atoms with Gasteiger partial charge in [0.1, 0.15) is 24.4 Å². The average Bonchev–Trinajstić information content (AvgIpc) is 3.65. The Morgan fingerprint density at radius 3 is 2.34 bits per heavy atom. The van der Waals surface area contributed by atoms with E-state index in [1.165, 1.54) is 14.2 Å². The number of carbonyl (C=O) groups excluding carboxylic acids is 1. The molecule has 13 nitrogen and oxygen atoms in total. The molecule has 2 aromatic rings. The van der Waals surface area contributed by atoms with Gasteiger partial charge in [-0.2, -0.15) is 0 Å². The summed E-state index contributed by atoms with van der Waals surface area (Å²) in [4.78, 5) is 13.4. The summed E-state index contributed by atoms with van der Waals surface area (Å²) in [6, 6.07) is 6.92. The molecule has 6 unspecified atom stereocenters. The molecule has 3 fully saturated rings. The molecule has 3 saturated heterocycles. The SMILES string of the molecule is C=CCC1OCC2OC(O[C@@H]3c4cc5c(cc4[C@@H](c4cc(OC)c(O)c(OC)c4)[C@H]4C(=O)OC[C@@H]43)OCO5)C(O)C(O)C2O1. The molecule has 1 aliphatic carbocycles. The molecule has 0 aromatic heterocycles. The molecule has 0 radical (unpaired) electrons. The number of benzene rings is 2. The third-order valence-corrected chi connectivity index (χ3v) is 9.02. The molecule has 44 heavy (non-hydrogen) atoms. The molecule has 4 aliphatic heterocycles. The number of fused-ring (bicyclic) bond motifs is 4. The maximum absolute atomic E-state index is 13.4. The van der Waals surface area contributed by atoms with Gasteiger partial charge in [-0.05, 0) is 41.0 Å². The van der Waals surface area contributed by atoms with Crippen LogP contribution in [0.4, 0.5) is 0 Å². The van der Waals surface area contributed by atoms with Crippen molar-refractivity contribution in [2.24, 2.45) is 11.8 Å². The van der Waals surface area contributed by atoms with Gasteiger partial charge in [-0.25, -0.2) is 0 Å². The van der Waals surface area contributed by atoms with E-state index in [4.69, 9.17) is 42.6 Å². The van der Waals surface area contributed by atoms with E-state index in [0.29, 0.717) is 34.6 Å². The summed E-state index contributed by atoms with van der Waals surface area (Å²) in [5, 5.41) is 32.8. The van der Waals surface area contributed by atoms with Crippen molar-refractivity contribution in [1.82, 2.24) is 0 Å². The van der Waals surface area contributed by atoms with Crippen molar-refractivity contribution < 1.29 is 62.7 Å². The normalized spacial score (nSPS) is 35.2. The predicted molar refractivity (Wildman–Crippen MR) is 147 cm³/mol. The first-order valence-corrected chi connectivity index (χ1v) is 14.4. The topological polar surface area (TPSA) is 161 Å². The van der Waals surface area contributed by atoms with Crippen LogP contribution in [0.3, 0.4) is 0 Å². The number of aliphatic hydroxyl groups excluding tert-OH is 2. The Morgan fingerprint density at radius 2 is 1.66 bits per heavy atom. The van der Waals surface area contributed by atoms with Crippen molar-refractivity contribution in [3.8, 4) is 28.7 Å². The number of phenolic OH excluding ortho intramolecular Hbond substituents is 1. The van der Waals surface area contributed by atoms with Crippen LogP contribution in [0.15, 0.2) is 36.9 Å². The Labute approximate surface area is 252 Å². The van der Waals surface area contributed by atoms with Gasteiger partial charge in [0.2, 0.25) is 12.5 Å². The molecule has 236 valence electrons. The van der Waals surface area contributed by atoms with Crippen molar-refractivity contribution in [1.29, 1.82) is 0 Å². The Bertz CT molecular complexity index is 1420. The second kappa shape index (κ2) is 11.4. The molecular weight excluding hydrogens is 580 g/mol. The van der Waals surface area contributed by atoms with E-state index >= 15 is 0 Å². The predicted octanol–water partition coefficient (Wildman–Crippen LogP) is 1.89. The molecular formula is C31H34O13. The van der Waals surface area contributed by atoms with Crippen LogP contribution in [0, 0.1) is 11.8 Å². The Hall–Kier alpha value is -3.59. The second-order valence-electron chi connectivity index (χ2n) is 11.4. The zero-order valence-corrected chi connectivity index (χ0v) is 24.1. The minimum absolute atomic E-state index is 0.0245. The summed E-state index contributed by atoms with van der Waals surface area (Å²) in [6.45, 7) is 3.87. The van der Waals surface area contributed by atoms with Gasteiger partial charge >= 0.3 is 5.97 Å². The molecule has 0 spiro atoms. The lowest BCUT2D eigenvalue weighted by Crippen LogP contribution is -2.63. The first kappa shape index (κ1) is 29.1. The molecule has 0 amide bonds. The number of methoxy groups -OCH3 is 2. The molecule has 10 atom stereocenters. The highest BCUT2D eigenvalue weighted by Crippen LogP contribution is 2.57. The van der Waals surface area contributed by atoms with Crippen LogP contribution in [0.2, 0.25) is 0 Å². The number of rotatable bonds is 7. The third-order valence-electron chi connectivity index (χ3n) is 9.02. The fraction of sp³-hybridized carbons (Fsp3) is 0.516. The molecule has 3 N–H and O–H groups in total. The molecule has 0 bridgehead atoms. The first-order chi connectivity index (χ1) is 21.3. The van der Waals surface area contributed by atoms with E-state index in [0.717, 1.165) is 0 Å². The van der Waals surface area contributed by atoms with Gasteiger partial charge in [-0.1, -0.05) is 6.08 Å². The van der Waals surface area contributed by atoms with Crippen LogP contribution in [0.5, 0.6) is 28.7 Å². The summed E-state index contributed by atoms with van der Waals surface area (Å²) >= 11 is 0. The number of cyclic esters (lactones) is 1. The summed E-state index contributed by atoms with van der Waals surface area (Å²) < 4.78 is 52.0. The smallest absolute Gasteiger partial charge is 0.310 e. The summed E-state index contributed by atoms with van der Waals surface area (Å²) in [5.74, 6) is -1.08. The van der Waals surface area contributed by atoms with E-state index in [9.17, 15) is 20.1 Å². The average molecular weight is 615 g/mol. The number of aliphatic hydroxyl groups is 2. The summed E-state index contributed by atoms with van der Waals surface area (Å²) in [7, 11) is 2.86. The lowest BCUT2D eigenvalue weighted by atomic mass is 9.66. The summed E-state index contributed by atoms with van der Waals surface area (Å²) in [5.41, 5.74) is 2.00. The van der Waals surface area contributed by atoms with Gasteiger partial charge in [-0.15, -0.1) is 6.58 Å². The summed E-state index contributed by atoms with van der Waals surface area (Å²) in [6.07, 6.45) is -4.96. The van der Waals surface area contributed by atoms with Crippen LogP contribution in [0.1, 0.15) is 35.1 Å². The fourth-order valence-electron chi connectivity index (χ4n) is 6.92. The van der Waals surface area contributed by atoms with Crippen LogP contribution in [0.25, 0.3) is 0 Å². The van der Waals surface area contributed by atoms with E-state index in [1.807, 2.05) is 0 Å². The van der Waals surface area contributed by atoms with Crippen molar-refractivity contribution in [3.05, 3.63) is 53.6 Å². The largest absolute Gasteiger partial charge is 0.502 e. The van der Waals surface area contributed by atoms with Gasteiger partial charge < -0.3 is 58.0 Å². The first-order valence-electron chi connectivity index (χ1n) is 14.4. The minimum Gasteiger partial charge on any atom is -0.502 e. The standard InChI is InChI=1S/C31H34O13/c1-4-5-22-38-11-21-29(43-22)26(33)27(34)31(42-21)44-28-15-9-18-17(40-12-41-18)8-14(15)23(24-16(28)10-39-30(24)35)13-6-19(36-2)25(32)20(7-13)37-3/h4,6-9,16,21-24,26-29,31-34H,1,5,10-12H2,2-3H3/t16-,21?,22?,23+,24-,26?,27?,28+,29?,31?/m0/s1. The number of esters is 1. The highest BCUT2D eigenvalue weighted by atomic mass is 16.8. The number of hydrogen-bond acceptors (Lipinski definition) is 13. The second-order valence-corrected chi connectivity index (χ2v) is 11.4. The van der Waals surface area contributed by atoms with Gasteiger partial charge in [0.25, 0.3) is 0 Å². The molecule has 5 aliphatic rings. The molecule has 7 rings (SSSR count). The zero-order chi connectivity index (χ0) is 30.7. The third kappa shape index (κ3) is 4.66. The Balaban J connectivity index is 1.28. The van der Waals surface area contributed by atoms with Gasteiger partial charge in [0.15, 0.2) is 35.6 Å².